The zero-order chi connectivity index (χ0) is 41.7. The molecule has 58 heavy (non-hydrogen) atoms. The molecule has 3 amide bonds. The summed E-state index contributed by atoms with van der Waals surface area (Å²) in [7, 11) is 0. The Balaban J connectivity index is 1.21. The summed E-state index contributed by atoms with van der Waals surface area (Å²) in [5, 5.41) is 22.3. The van der Waals surface area contributed by atoms with E-state index in [9.17, 15) is 24.3 Å². The number of hydrogen-bond acceptors (Lipinski definition) is 11. The van der Waals surface area contributed by atoms with Crippen LogP contribution in [0.25, 0.3) is 27.1 Å². The summed E-state index contributed by atoms with van der Waals surface area (Å²) in [5.74, 6) is -0.706. The van der Waals surface area contributed by atoms with Crippen LogP contribution in [0.15, 0.2) is 23.6 Å². The summed E-state index contributed by atoms with van der Waals surface area (Å²) in [5.41, 5.74) is -0.891. The number of hydrogen-bond donors (Lipinski definition) is 4. The highest BCUT2D eigenvalue weighted by Gasteiger charge is 2.61. The van der Waals surface area contributed by atoms with Crippen LogP contribution >= 0.6 is 22.9 Å². The molecule has 0 spiro atoms. The molecule has 1 saturated heterocycles. The molecule has 8 atom stereocenters. The van der Waals surface area contributed by atoms with Crippen LogP contribution in [0, 0.1) is 29.7 Å². The van der Waals surface area contributed by atoms with Crippen LogP contribution in [-0.2, 0) is 19.1 Å². The van der Waals surface area contributed by atoms with E-state index < -0.39 is 53.0 Å². The minimum absolute atomic E-state index is 0.0223. The minimum Gasteiger partial charge on any atom is -0.488 e. The number of fused-ring (bicyclic) bond motifs is 2. The standard InChI is InChI=1S/C41H50ClN7O8S/c1-8-23-16-41(23,37(52)53)48-35(50)29-14-25(17-49(29)36(51)34(40(4,5)6)47-39(54)57-24-12-21-11-22(21)13-24)56-31-15-27(28-18-58-38(46-28)44-20(2)3)45-33-26(31)9-10-30(32(33)42)55-19-43-7/h9-10,15,18,20-25,29,34H,8,11-14,16-17,19H2,1-6H3,(H,44,46)(H,47,54)(H,48,50)(H,52,53)/t21-,22?,23+,24?,25-,29-,34-,41-/m0/s1. The normalized spacial score (nSPS) is 26.4. The van der Waals surface area contributed by atoms with Gasteiger partial charge in [-0.2, -0.15) is 0 Å². The second-order valence-electron chi connectivity index (χ2n) is 17.3. The molecule has 2 aromatic heterocycles. The number of carboxylic acid groups (broad SMARTS) is 1. The molecule has 3 saturated carbocycles. The number of nitrogens with zero attached hydrogens (tertiary/aromatic N) is 4. The number of nitrogens with one attached hydrogen (secondary N) is 3. The molecule has 7 rings (SSSR count). The van der Waals surface area contributed by atoms with E-state index in [1.807, 2.05) is 46.9 Å². The number of alkyl carbamates (subject to hydrolysis) is 1. The minimum atomic E-state index is -1.43. The lowest BCUT2D eigenvalue weighted by molar-refractivity contribution is -0.146. The summed E-state index contributed by atoms with van der Waals surface area (Å²) in [6.45, 7) is 18.2. The smallest absolute Gasteiger partial charge is 0.408 e. The number of benzene rings is 1. The van der Waals surface area contributed by atoms with Crippen LogP contribution in [-0.4, -0.2) is 93.0 Å². The van der Waals surface area contributed by atoms with Gasteiger partial charge in [-0.3, -0.25) is 14.4 Å². The fourth-order valence-electron chi connectivity index (χ4n) is 8.38. The zero-order valence-electron chi connectivity index (χ0n) is 33.5. The first kappa shape index (κ1) is 41.3. The van der Waals surface area contributed by atoms with Crippen molar-refractivity contribution in [2.45, 2.75) is 116 Å². The maximum Gasteiger partial charge on any atom is 0.408 e. The fraction of sp³-hybridized carbons (Fsp3) is 0.585. The van der Waals surface area contributed by atoms with Gasteiger partial charge in [-0.1, -0.05) is 45.7 Å². The second kappa shape index (κ2) is 16.1. The Kier molecular flexibility index (Phi) is 11.4. The van der Waals surface area contributed by atoms with Gasteiger partial charge in [0.15, 0.2) is 5.13 Å². The first-order valence-electron chi connectivity index (χ1n) is 19.8. The summed E-state index contributed by atoms with van der Waals surface area (Å²) in [6.07, 6.45) is 2.00. The summed E-state index contributed by atoms with van der Waals surface area (Å²) >= 11 is 8.26. The SMILES string of the molecule is [C-]#[N+]COc1ccc2c(O[C@H]3C[C@@H](C(=O)N[C@@]4(C(=O)O)C[C@H]4CC)N(C(=O)[C@H](NC(=O)OC4CC5C[C@H]5C4)C(C)(C)C)C3)cc(-c3csc(NC(C)C)n3)nc2c1Cl. The van der Waals surface area contributed by atoms with E-state index in [0.717, 1.165) is 12.8 Å². The number of thiazole rings is 1. The Morgan fingerprint density at radius 2 is 1.83 bits per heavy atom. The molecular weight excluding hydrogens is 786 g/mol. The highest BCUT2D eigenvalue weighted by Crippen LogP contribution is 2.52. The Hall–Kier alpha value is -4.88. The molecule has 17 heteroatoms. The largest absolute Gasteiger partial charge is 0.488 e. The molecule has 15 nitrogen and oxygen atoms in total. The third kappa shape index (κ3) is 8.47. The van der Waals surface area contributed by atoms with Gasteiger partial charge in [-0.15, -0.1) is 11.3 Å². The van der Waals surface area contributed by atoms with Gasteiger partial charge in [0.05, 0.1) is 17.8 Å². The van der Waals surface area contributed by atoms with Crippen LogP contribution in [0.1, 0.15) is 80.1 Å². The van der Waals surface area contributed by atoms with Gasteiger partial charge in [0.2, 0.25) is 11.8 Å². The lowest BCUT2D eigenvalue weighted by Crippen LogP contribution is -2.59. The zero-order valence-corrected chi connectivity index (χ0v) is 35.0. The maximum atomic E-state index is 14.7. The molecule has 4 N–H and O–H groups in total. The Labute approximate surface area is 346 Å². The highest BCUT2D eigenvalue weighted by atomic mass is 35.5. The van der Waals surface area contributed by atoms with E-state index in [-0.39, 0.29) is 55.0 Å². The number of rotatable bonds is 14. The molecule has 0 radical (unpaired) electrons. The van der Waals surface area contributed by atoms with Gasteiger partial charge >= 0.3 is 18.8 Å². The van der Waals surface area contributed by atoms with E-state index in [4.69, 9.17) is 42.4 Å². The van der Waals surface area contributed by atoms with Crippen molar-refractivity contribution < 1.29 is 38.5 Å². The molecule has 3 aliphatic carbocycles. The molecule has 3 heterocycles. The van der Waals surface area contributed by atoms with Crippen molar-refractivity contribution in [3.63, 3.8) is 0 Å². The third-order valence-electron chi connectivity index (χ3n) is 11.6. The Morgan fingerprint density at radius 3 is 2.47 bits per heavy atom. The van der Waals surface area contributed by atoms with Crippen molar-refractivity contribution in [3.8, 4) is 22.9 Å². The number of pyridine rings is 1. The van der Waals surface area contributed by atoms with E-state index in [2.05, 4.69) is 20.8 Å². The molecular formula is C41H50ClN7O8S. The summed E-state index contributed by atoms with van der Waals surface area (Å²) in [6, 6.07) is 3.01. The predicted octanol–water partition coefficient (Wildman–Crippen LogP) is 6.74. The highest BCUT2D eigenvalue weighted by molar-refractivity contribution is 7.14. The topological polar surface area (TPSA) is 186 Å². The molecule has 2 unspecified atom stereocenters. The van der Waals surface area contributed by atoms with Gasteiger partial charge in [0, 0.05) is 29.3 Å². The van der Waals surface area contributed by atoms with Gasteiger partial charge in [-0.05, 0) is 74.8 Å². The van der Waals surface area contributed by atoms with E-state index >= 15 is 0 Å². The Bertz CT molecular complexity index is 2140. The lowest BCUT2D eigenvalue weighted by Gasteiger charge is -2.35. The fourth-order valence-corrected chi connectivity index (χ4v) is 9.49. The van der Waals surface area contributed by atoms with Crippen LogP contribution in [0.4, 0.5) is 9.93 Å². The number of anilines is 1. The maximum absolute atomic E-state index is 14.7. The number of carbonyl (C=O) groups is 4. The number of ether oxygens (including phenoxy) is 3. The number of carbonyl (C=O) groups excluding carboxylic acids is 3. The van der Waals surface area contributed by atoms with Crippen molar-refractivity contribution in [3.05, 3.63) is 40.0 Å². The number of halogens is 1. The van der Waals surface area contributed by atoms with Crippen LogP contribution < -0.4 is 25.4 Å². The number of carboxylic acids is 1. The summed E-state index contributed by atoms with van der Waals surface area (Å²) < 4.78 is 18.1. The van der Waals surface area contributed by atoms with Crippen molar-refractivity contribution in [2.75, 3.05) is 18.6 Å². The predicted molar refractivity (Wildman–Crippen MR) is 218 cm³/mol. The van der Waals surface area contributed by atoms with Crippen LogP contribution in [0.2, 0.25) is 5.02 Å². The van der Waals surface area contributed by atoms with Crippen molar-refractivity contribution >= 4 is 62.8 Å². The van der Waals surface area contributed by atoms with Gasteiger partial charge in [0.25, 0.3) is 0 Å². The van der Waals surface area contributed by atoms with Gasteiger partial charge < -0.3 is 40.2 Å². The molecule has 0 bridgehead atoms. The number of likely N-dealkylation sites (tertiary alicyclic amines) is 1. The molecule has 4 aliphatic rings. The molecule has 310 valence electrons. The summed E-state index contributed by atoms with van der Waals surface area (Å²) in [4.78, 5) is 68.9. The first-order valence-corrected chi connectivity index (χ1v) is 21.1. The van der Waals surface area contributed by atoms with Crippen molar-refractivity contribution in [1.82, 2.24) is 25.5 Å². The van der Waals surface area contributed by atoms with E-state index in [1.165, 1.54) is 22.7 Å². The van der Waals surface area contributed by atoms with Crippen molar-refractivity contribution in [1.29, 1.82) is 0 Å². The first-order chi connectivity index (χ1) is 27.5. The number of amides is 3. The number of aliphatic carboxylic acids is 1. The molecule has 1 aliphatic heterocycles. The van der Waals surface area contributed by atoms with E-state index in [1.54, 1.807) is 18.2 Å². The lowest BCUT2D eigenvalue weighted by atomic mass is 9.85. The van der Waals surface area contributed by atoms with Gasteiger partial charge in [-0.25, -0.2) is 26.1 Å². The second-order valence-corrected chi connectivity index (χ2v) is 18.5. The average Bonchev–Trinajstić information content (AvgIpc) is 3.83. The average molecular weight is 836 g/mol. The molecule has 3 aromatic rings. The van der Waals surface area contributed by atoms with Crippen LogP contribution in [0.5, 0.6) is 11.5 Å². The van der Waals surface area contributed by atoms with Gasteiger partial charge in [0.1, 0.15) is 52.0 Å². The Morgan fingerprint density at radius 1 is 1.09 bits per heavy atom. The third-order valence-corrected chi connectivity index (χ3v) is 12.8. The van der Waals surface area contributed by atoms with Crippen molar-refractivity contribution in [2.24, 2.45) is 23.2 Å². The van der Waals surface area contributed by atoms with Crippen LogP contribution in [0.3, 0.4) is 0 Å². The molecule has 1 aromatic carbocycles. The van der Waals surface area contributed by atoms with E-state index in [0.29, 0.717) is 51.4 Å². The number of aromatic nitrogens is 2. The molecule has 4 fully saturated rings. The quantitative estimate of drug-likeness (QED) is 0.126. The monoisotopic (exact) mass is 835 g/mol.